The van der Waals surface area contributed by atoms with Gasteiger partial charge in [0, 0.05) is 13.0 Å². The third kappa shape index (κ3) is 26.4. The monoisotopic (exact) mass is 741 g/mol. The lowest BCUT2D eigenvalue weighted by molar-refractivity contribution is -0.305. The molecule has 1 saturated heterocycles. The second kappa shape index (κ2) is 35.4. The highest BCUT2D eigenvalue weighted by Crippen LogP contribution is 2.22. The molecule has 0 aromatic heterocycles. The molecule has 9 heteroatoms. The van der Waals surface area contributed by atoms with Gasteiger partial charge in [-0.3, -0.25) is 4.79 Å². The van der Waals surface area contributed by atoms with Gasteiger partial charge in [0.25, 0.3) is 0 Å². The van der Waals surface area contributed by atoms with Crippen molar-refractivity contribution in [1.82, 2.24) is 0 Å². The SMILES string of the molecule is CCC/C=C\C/C=C\CCCCCCCC(=O)OC(COCCCCCCCCCCCCCCCCCC)COC1OC(CO)C(O)C(O)C1O. The molecule has 52 heavy (non-hydrogen) atoms. The van der Waals surface area contributed by atoms with Gasteiger partial charge in [-0.1, -0.05) is 160 Å². The van der Waals surface area contributed by atoms with Crippen molar-refractivity contribution in [3.05, 3.63) is 24.3 Å². The zero-order valence-corrected chi connectivity index (χ0v) is 33.3. The van der Waals surface area contributed by atoms with Crippen LogP contribution in [-0.2, 0) is 23.7 Å². The van der Waals surface area contributed by atoms with E-state index in [-0.39, 0.29) is 19.2 Å². The van der Waals surface area contributed by atoms with Gasteiger partial charge in [-0.15, -0.1) is 0 Å². The first-order valence-electron chi connectivity index (χ1n) is 21.4. The van der Waals surface area contributed by atoms with E-state index in [9.17, 15) is 25.2 Å². The quantitative estimate of drug-likeness (QED) is 0.0282. The lowest BCUT2D eigenvalue weighted by Gasteiger charge is -2.39. The Morgan fingerprint density at radius 1 is 0.615 bits per heavy atom. The molecule has 9 nitrogen and oxygen atoms in total. The molecule has 0 aromatic rings. The van der Waals surface area contributed by atoms with Crippen LogP contribution in [-0.4, -0.2) is 89.6 Å². The first kappa shape index (κ1) is 48.7. The summed E-state index contributed by atoms with van der Waals surface area (Å²) >= 11 is 0. The van der Waals surface area contributed by atoms with E-state index in [1.54, 1.807) is 0 Å². The van der Waals surface area contributed by atoms with E-state index in [0.717, 1.165) is 64.2 Å². The number of allylic oxidation sites excluding steroid dienone is 4. The van der Waals surface area contributed by atoms with E-state index in [2.05, 4.69) is 38.2 Å². The summed E-state index contributed by atoms with van der Waals surface area (Å²) in [6.07, 6.45) is 32.0. The average Bonchev–Trinajstić information content (AvgIpc) is 3.14. The number of rotatable bonds is 36. The van der Waals surface area contributed by atoms with Gasteiger partial charge in [0.1, 0.15) is 30.5 Å². The minimum absolute atomic E-state index is 0.116. The number of hydrogen-bond donors (Lipinski definition) is 4. The molecule has 1 aliphatic heterocycles. The van der Waals surface area contributed by atoms with Crippen LogP contribution in [0.3, 0.4) is 0 Å². The Bertz CT molecular complexity index is 848. The van der Waals surface area contributed by atoms with Gasteiger partial charge in [0.15, 0.2) is 6.29 Å². The molecule has 0 aliphatic carbocycles. The van der Waals surface area contributed by atoms with Crippen molar-refractivity contribution in [3.8, 4) is 0 Å². The zero-order chi connectivity index (χ0) is 37.9. The first-order chi connectivity index (χ1) is 25.4. The number of esters is 1. The molecule has 0 saturated carbocycles. The Balaban J connectivity index is 2.28. The van der Waals surface area contributed by atoms with E-state index in [0.29, 0.717) is 13.0 Å². The average molecular weight is 741 g/mol. The summed E-state index contributed by atoms with van der Waals surface area (Å²) in [5.41, 5.74) is 0. The lowest BCUT2D eigenvalue weighted by Crippen LogP contribution is -2.59. The van der Waals surface area contributed by atoms with Crippen LogP contribution in [0.15, 0.2) is 24.3 Å². The lowest BCUT2D eigenvalue weighted by atomic mass is 9.99. The summed E-state index contributed by atoms with van der Waals surface area (Å²) < 4.78 is 22.8. The van der Waals surface area contributed by atoms with Crippen LogP contribution < -0.4 is 0 Å². The molecule has 0 spiro atoms. The topological polar surface area (TPSA) is 135 Å². The maximum Gasteiger partial charge on any atom is 0.306 e. The smallest absolute Gasteiger partial charge is 0.306 e. The Labute approximate surface area is 317 Å². The summed E-state index contributed by atoms with van der Waals surface area (Å²) in [5, 5.41) is 40.0. The number of carbonyl (C=O) groups excluding carboxylic acids is 1. The number of ether oxygens (including phenoxy) is 4. The number of hydrogen-bond acceptors (Lipinski definition) is 9. The van der Waals surface area contributed by atoms with Crippen molar-refractivity contribution in [3.63, 3.8) is 0 Å². The summed E-state index contributed by atoms with van der Waals surface area (Å²) in [7, 11) is 0. The molecule has 0 aromatic carbocycles. The predicted octanol–water partition coefficient (Wildman–Crippen LogP) is 9.03. The van der Waals surface area contributed by atoms with Gasteiger partial charge in [0.2, 0.25) is 0 Å². The van der Waals surface area contributed by atoms with Crippen LogP contribution in [0.25, 0.3) is 0 Å². The minimum Gasteiger partial charge on any atom is -0.457 e. The van der Waals surface area contributed by atoms with Gasteiger partial charge in [-0.05, 0) is 38.5 Å². The van der Waals surface area contributed by atoms with Gasteiger partial charge < -0.3 is 39.4 Å². The highest BCUT2D eigenvalue weighted by Gasteiger charge is 2.44. The molecule has 0 amide bonds. The van der Waals surface area contributed by atoms with Crippen LogP contribution in [0.4, 0.5) is 0 Å². The summed E-state index contributed by atoms with van der Waals surface area (Å²) in [6, 6.07) is 0. The highest BCUT2D eigenvalue weighted by atomic mass is 16.7. The predicted molar refractivity (Wildman–Crippen MR) is 210 cm³/mol. The number of aliphatic hydroxyl groups excluding tert-OH is 4. The fourth-order valence-electron chi connectivity index (χ4n) is 6.47. The molecule has 1 aliphatic rings. The van der Waals surface area contributed by atoms with Crippen LogP contribution in [0.1, 0.15) is 181 Å². The van der Waals surface area contributed by atoms with E-state index in [1.165, 1.54) is 96.3 Å². The van der Waals surface area contributed by atoms with Crippen molar-refractivity contribution < 1.29 is 44.2 Å². The van der Waals surface area contributed by atoms with Crippen molar-refractivity contribution >= 4 is 5.97 Å². The van der Waals surface area contributed by atoms with E-state index in [1.807, 2.05) is 0 Å². The van der Waals surface area contributed by atoms with Crippen LogP contribution in [0.2, 0.25) is 0 Å². The summed E-state index contributed by atoms with van der Waals surface area (Å²) in [5.74, 6) is -0.326. The molecule has 6 unspecified atom stereocenters. The van der Waals surface area contributed by atoms with Gasteiger partial charge in [0.05, 0.1) is 19.8 Å². The normalized spacial score (nSPS) is 21.4. The van der Waals surface area contributed by atoms with E-state index in [4.69, 9.17) is 18.9 Å². The summed E-state index contributed by atoms with van der Waals surface area (Å²) in [6.45, 7) is 4.49. The Kier molecular flexibility index (Phi) is 33.1. The Morgan fingerprint density at radius 2 is 1.15 bits per heavy atom. The van der Waals surface area contributed by atoms with Crippen LogP contribution >= 0.6 is 0 Å². The molecular weight excluding hydrogens is 660 g/mol. The van der Waals surface area contributed by atoms with Crippen molar-refractivity contribution in [1.29, 1.82) is 0 Å². The van der Waals surface area contributed by atoms with Crippen LogP contribution in [0.5, 0.6) is 0 Å². The zero-order valence-electron chi connectivity index (χ0n) is 33.3. The van der Waals surface area contributed by atoms with Gasteiger partial charge in [-0.25, -0.2) is 0 Å². The highest BCUT2D eigenvalue weighted by molar-refractivity contribution is 5.69. The maximum atomic E-state index is 12.7. The van der Waals surface area contributed by atoms with Crippen molar-refractivity contribution in [2.75, 3.05) is 26.4 Å². The number of carbonyl (C=O) groups is 1. The maximum absolute atomic E-state index is 12.7. The van der Waals surface area contributed by atoms with Gasteiger partial charge >= 0.3 is 5.97 Å². The molecule has 1 rings (SSSR count). The molecule has 6 atom stereocenters. The van der Waals surface area contributed by atoms with Gasteiger partial charge in [-0.2, -0.15) is 0 Å². The molecular formula is C43H80O9. The van der Waals surface area contributed by atoms with E-state index < -0.39 is 43.4 Å². The molecule has 0 bridgehead atoms. The van der Waals surface area contributed by atoms with Crippen LogP contribution in [0, 0.1) is 0 Å². The molecule has 0 radical (unpaired) electrons. The Hall–Kier alpha value is -1.33. The third-order valence-corrected chi connectivity index (χ3v) is 9.85. The van der Waals surface area contributed by atoms with Crippen molar-refractivity contribution in [2.24, 2.45) is 0 Å². The fourth-order valence-corrected chi connectivity index (χ4v) is 6.47. The fraction of sp³-hybridized carbons (Fsp3) is 0.884. The Morgan fingerprint density at radius 3 is 1.73 bits per heavy atom. The molecule has 1 fully saturated rings. The molecule has 306 valence electrons. The molecule has 4 N–H and O–H groups in total. The van der Waals surface area contributed by atoms with E-state index >= 15 is 0 Å². The largest absolute Gasteiger partial charge is 0.457 e. The second-order valence-corrected chi connectivity index (χ2v) is 14.8. The third-order valence-electron chi connectivity index (χ3n) is 9.85. The second-order valence-electron chi connectivity index (χ2n) is 14.8. The van der Waals surface area contributed by atoms with Crippen molar-refractivity contribution in [2.45, 2.75) is 218 Å². The number of unbranched alkanes of at least 4 members (excludes halogenated alkanes) is 21. The number of aliphatic hydroxyl groups is 4. The summed E-state index contributed by atoms with van der Waals surface area (Å²) in [4.78, 5) is 12.7. The standard InChI is InChI=1S/C43H80O9/c1-3-5-7-9-11-13-15-17-18-19-21-23-25-27-29-31-33-49-35-37(36-50-43-42(48)41(47)40(46)38(34-44)52-43)51-39(45)32-30-28-26-24-22-20-16-14-12-10-8-6-4-2/h8,10,14,16,37-38,40-44,46-48H,3-7,9,11-13,15,17-36H2,1-2H3/b10-8-,16-14-. The minimum atomic E-state index is -1.54. The first-order valence-corrected chi connectivity index (χ1v) is 21.4. The molecule has 1 heterocycles.